The van der Waals surface area contributed by atoms with Gasteiger partial charge in [0.2, 0.25) is 0 Å². The van der Waals surface area contributed by atoms with Gasteiger partial charge in [-0.25, -0.2) is 0 Å². The van der Waals surface area contributed by atoms with Crippen LogP contribution in [-0.2, 0) is 5.88 Å². The molecule has 1 aromatic carbocycles. The van der Waals surface area contributed by atoms with Gasteiger partial charge >= 0.3 is 0 Å². The van der Waals surface area contributed by atoms with Crippen molar-refractivity contribution in [3.63, 3.8) is 0 Å². The second-order valence-corrected chi connectivity index (χ2v) is 6.24. The number of alkyl halides is 1. The third-order valence-electron chi connectivity index (χ3n) is 4.89. The van der Waals surface area contributed by atoms with Crippen LogP contribution in [0.4, 0.5) is 5.69 Å². The van der Waals surface area contributed by atoms with Gasteiger partial charge < -0.3 is 4.90 Å². The van der Waals surface area contributed by atoms with E-state index in [1.54, 1.807) is 0 Å². The second-order valence-electron chi connectivity index (χ2n) is 5.57. The molecule has 1 nitrogen and oxygen atoms in total. The maximum absolute atomic E-state index is 6.25. The molecule has 1 saturated heterocycles. The minimum Gasteiger partial charge on any atom is -0.371 e. The predicted octanol–water partition coefficient (Wildman–Crippen LogP) is 5.49. The van der Waals surface area contributed by atoms with Crippen LogP contribution in [-0.4, -0.2) is 13.1 Å². The van der Waals surface area contributed by atoms with Crippen LogP contribution in [0.15, 0.2) is 18.2 Å². The van der Waals surface area contributed by atoms with Gasteiger partial charge in [-0.1, -0.05) is 44.4 Å². The predicted molar refractivity (Wildman–Crippen MR) is 85.5 cm³/mol. The highest BCUT2D eigenvalue weighted by Crippen LogP contribution is 2.40. The van der Waals surface area contributed by atoms with E-state index < -0.39 is 0 Å². The van der Waals surface area contributed by atoms with Crippen molar-refractivity contribution in [1.29, 1.82) is 0 Å². The summed E-state index contributed by atoms with van der Waals surface area (Å²) in [5, 5.41) is 0.787. The lowest BCUT2D eigenvalue weighted by Crippen LogP contribution is -2.40. The van der Waals surface area contributed by atoms with Crippen LogP contribution in [0.1, 0.15) is 45.1 Å². The van der Waals surface area contributed by atoms with Gasteiger partial charge in [0.05, 0.1) is 5.88 Å². The Kier molecular flexibility index (Phi) is 5.03. The van der Waals surface area contributed by atoms with E-state index in [1.807, 2.05) is 12.1 Å². The van der Waals surface area contributed by atoms with Crippen molar-refractivity contribution < 1.29 is 0 Å². The molecular weight excluding hydrogens is 277 g/mol. The zero-order chi connectivity index (χ0) is 13.9. The highest BCUT2D eigenvalue weighted by atomic mass is 35.5. The van der Waals surface area contributed by atoms with Gasteiger partial charge in [0, 0.05) is 29.4 Å². The Bertz CT molecular complexity index is 417. The summed E-state index contributed by atoms with van der Waals surface area (Å²) in [7, 11) is 0. The Morgan fingerprint density at radius 1 is 1.16 bits per heavy atom. The fourth-order valence-corrected chi connectivity index (χ4v) is 3.74. The van der Waals surface area contributed by atoms with Crippen molar-refractivity contribution in [1.82, 2.24) is 0 Å². The first-order valence-electron chi connectivity index (χ1n) is 7.24. The van der Waals surface area contributed by atoms with E-state index in [4.69, 9.17) is 23.2 Å². The van der Waals surface area contributed by atoms with Crippen molar-refractivity contribution in [2.24, 2.45) is 5.41 Å². The molecule has 0 saturated carbocycles. The molecule has 0 radical (unpaired) electrons. The minimum atomic E-state index is 0.484. The number of hydrogen-bond donors (Lipinski definition) is 0. The molecule has 0 unspecified atom stereocenters. The molecule has 0 aromatic heterocycles. The normalized spacial score (nSPS) is 18.6. The fraction of sp³-hybridized carbons (Fsp3) is 0.625. The van der Waals surface area contributed by atoms with Crippen LogP contribution in [0.25, 0.3) is 0 Å². The van der Waals surface area contributed by atoms with Gasteiger partial charge in [-0.15, -0.1) is 11.6 Å². The van der Waals surface area contributed by atoms with Crippen LogP contribution in [0, 0.1) is 5.41 Å². The monoisotopic (exact) mass is 299 g/mol. The van der Waals surface area contributed by atoms with Crippen molar-refractivity contribution in [2.45, 2.75) is 45.4 Å². The number of piperidine rings is 1. The van der Waals surface area contributed by atoms with E-state index in [0.717, 1.165) is 23.7 Å². The van der Waals surface area contributed by atoms with Crippen molar-refractivity contribution in [2.75, 3.05) is 18.0 Å². The number of rotatable bonds is 4. The van der Waals surface area contributed by atoms with Gasteiger partial charge in [-0.2, -0.15) is 0 Å². The summed E-state index contributed by atoms with van der Waals surface area (Å²) >= 11 is 12.3. The summed E-state index contributed by atoms with van der Waals surface area (Å²) in [5.74, 6) is 0.484. The van der Waals surface area contributed by atoms with E-state index in [1.165, 1.54) is 31.4 Å². The molecule has 0 bridgehead atoms. The first-order valence-corrected chi connectivity index (χ1v) is 8.15. The van der Waals surface area contributed by atoms with Crippen molar-refractivity contribution in [3.8, 4) is 0 Å². The molecule has 0 spiro atoms. The average Bonchev–Trinajstić information content (AvgIpc) is 2.47. The molecule has 2 rings (SSSR count). The van der Waals surface area contributed by atoms with E-state index in [9.17, 15) is 0 Å². The van der Waals surface area contributed by atoms with Crippen LogP contribution < -0.4 is 4.90 Å². The summed E-state index contributed by atoms with van der Waals surface area (Å²) in [6.45, 7) is 6.88. The lowest BCUT2D eigenvalue weighted by molar-refractivity contribution is 0.199. The highest BCUT2D eigenvalue weighted by Gasteiger charge is 2.31. The highest BCUT2D eigenvalue weighted by molar-refractivity contribution is 6.32. The summed E-state index contributed by atoms with van der Waals surface area (Å²) in [4.78, 5) is 2.45. The van der Waals surface area contributed by atoms with E-state index >= 15 is 0 Å². The molecule has 1 fully saturated rings. The molecule has 1 aliphatic heterocycles. The molecule has 0 N–H and O–H groups in total. The number of hydrogen-bond acceptors (Lipinski definition) is 1. The van der Waals surface area contributed by atoms with E-state index in [0.29, 0.717) is 11.3 Å². The topological polar surface area (TPSA) is 3.24 Å². The zero-order valence-electron chi connectivity index (χ0n) is 11.9. The third kappa shape index (κ3) is 3.03. The number of nitrogens with zero attached hydrogens (tertiary/aromatic N) is 1. The summed E-state index contributed by atoms with van der Waals surface area (Å²) < 4.78 is 0. The summed E-state index contributed by atoms with van der Waals surface area (Å²) in [5.41, 5.74) is 2.85. The van der Waals surface area contributed by atoms with Crippen LogP contribution in [0.5, 0.6) is 0 Å². The molecule has 1 aliphatic rings. The Hall–Kier alpha value is -0.400. The van der Waals surface area contributed by atoms with Crippen LogP contribution in [0.2, 0.25) is 5.02 Å². The molecular formula is C16H23Cl2N. The minimum absolute atomic E-state index is 0.484. The molecule has 1 aromatic rings. The molecule has 19 heavy (non-hydrogen) atoms. The van der Waals surface area contributed by atoms with Gasteiger partial charge in [0.25, 0.3) is 0 Å². The standard InChI is InChI=1S/C16H23Cl2N/c1-3-16(4-2)8-10-19(11-9-16)15-7-5-6-14(18)13(15)12-17/h5-7H,3-4,8-12H2,1-2H3. The Labute approximate surface area is 126 Å². The lowest BCUT2D eigenvalue weighted by atomic mass is 9.74. The Morgan fingerprint density at radius 2 is 1.79 bits per heavy atom. The van der Waals surface area contributed by atoms with Crippen molar-refractivity contribution in [3.05, 3.63) is 28.8 Å². The van der Waals surface area contributed by atoms with Crippen LogP contribution in [0.3, 0.4) is 0 Å². The van der Waals surface area contributed by atoms with Gasteiger partial charge in [0.1, 0.15) is 0 Å². The fourth-order valence-electron chi connectivity index (χ4n) is 3.15. The largest absolute Gasteiger partial charge is 0.371 e. The number of halogens is 2. The lowest BCUT2D eigenvalue weighted by Gasteiger charge is -2.42. The van der Waals surface area contributed by atoms with Crippen LogP contribution >= 0.6 is 23.2 Å². The number of anilines is 1. The molecule has 106 valence electrons. The van der Waals surface area contributed by atoms with E-state index in [-0.39, 0.29) is 0 Å². The third-order valence-corrected chi connectivity index (χ3v) is 5.51. The maximum atomic E-state index is 6.25. The average molecular weight is 300 g/mol. The Balaban J connectivity index is 2.16. The van der Waals surface area contributed by atoms with Gasteiger partial charge in [-0.3, -0.25) is 0 Å². The van der Waals surface area contributed by atoms with E-state index in [2.05, 4.69) is 24.8 Å². The van der Waals surface area contributed by atoms with Gasteiger partial charge in [-0.05, 0) is 30.4 Å². The molecule has 0 amide bonds. The first-order chi connectivity index (χ1) is 9.15. The summed E-state index contributed by atoms with van der Waals surface area (Å²) in [6.07, 6.45) is 5.12. The zero-order valence-corrected chi connectivity index (χ0v) is 13.4. The SMILES string of the molecule is CCC1(CC)CCN(c2cccc(Cl)c2CCl)CC1. The quantitative estimate of drug-likeness (QED) is 0.665. The maximum Gasteiger partial charge on any atom is 0.0509 e. The van der Waals surface area contributed by atoms with Gasteiger partial charge in [0.15, 0.2) is 0 Å². The second kappa shape index (κ2) is 6.37. The first kappa shape index (κ1) is 15.0. The summed E-state index contributed by atoms with van der Waals surface area (Å²) in [6, 6.07) is 6.10. The molecule has 3 heteroatoms. The molecule has 1 heterocycles. The molecule has 0 atom stereocenters. The number of benzene rings is 1. The Morgan fingerprint density at radius 3 is 2.32 bits per heavy atom. The van der Waals surface area contributed by atoms with Crippen molar-refractivity contribution >= 4 is 28.9 Å². The molecule has 0 aliphatic carbocycles. The smallest absolute Gasteiger partial charge is 0.0509 e.